The second-order valence-electron chi connectivity index (χ2n) is 6.20. The zero-order chi connectivity index (χ0) is 20.3. The normalized spacial score (nSPS) is 12.6. The molecule has 0 fully saturated rings. The smallest absolute Gasteiger partial charge is 0.240 e. The molecule has 0 radical (unpaired) electrons. The Morgan fingerprint density at radius 2 is 1.59 bits per heavy atom. The van der Waals surface area contributed by atoms with Crippen molar-refractivity contribution in [3.05, 3.63) is 78.4 Å². The lowest BCUT2D eigenvalue weighted by molar-refractivity contribution is 0.0996. The van der Waals surface area contributed by atoms with Gasteiger partial charge in [-0.15, -0.1) is 0 Å². The van der Waals surface area contributed by atoms with Gasteiger partial charge < -0.3 is 14.2 Å². The maximum atomic E-state index is 12.5. The summed E-state index contributed by atoms with van der Waals surface area (Å²) in [6.07, 6.45) is 0. The number of Topliss-reactive ketones (excluding diaryl/α,β-unsaturated/α-hetero) is 1. The van der Waals surface area contributed by atoms with Gasteiger partial charge in [0, 0.05) is 5.56 Å². The molecule has 3 aromatic rings. The molecule has 0 spiro atoms. The first-order valence-electron chi connectivity index (χ1n) is 8.77. The van der Waals surface area contributed by atoms with Crippen molar-refractivity contribution >= 4 is 15.8 Å². The lowest BCUT2D eigenvalue weighted by atomic mass is 10.1. The Bertz CT molecular complexity index is 1130. The maximum absolute atomic E-state index is 12.5. The first kappa shape index (κ1) is 19.0. The predicted octanol–water partition coefficient (Wildman–Crippen LogP) is 3.37. The number of rotatable bonds is 7. The number of ether oxygens (including phenoxy) is 3. The highest BCUT2D eigenvalue weighted by Crippen LogP contribution is 2.32. The average molecular weight is 411 g/mol. The van der Waals surface area contributed by atoms with Crippen molar-refractivity contribution in [2.24, 2.45) is 0 Å². The summed E-state index contributed by atoms with van der Waals surface area (Å²) in [6.45, 7) is -0.270. The van der Waals surface area contributed by atoms with Gasteiger partial charge in [-0.2, -0.15) is 0 Å². The summed E-state index contributed by atoms with van der Waals surface area (Å²) in [4.78, 5) is 12.4. The van der Waals surface area contributed by atoms with Crippen molar-refractivity contribution in [2.45, 2.75) is 4.90 Å². The van der Waals surface area contributed by atoms with E-state index in [9.17, 15) is 13.2 Å². The molecule has 0 amide bonds. The van der Waals surface area contributed by atoms with Crippen molar-refractivity contribution < 1.29 is 27.4 Å². The molecule has 0 saturated carbocycles. The van der Waals surface area contributed by atoms with Crippen LogP contribution in [-0.2, 0) is 10.0 Å². The van der Waals surface area contributed by atoms with E-state index in [0.717, 1.165) is 0 Å². The molecule has 0 aromatic heterocycles. The van der Waals surface area contributed by atoms with Crippen LogP contribution in [-0.4, -0.2) is 27.5 Å². The lowest BCUT2D eigenvalue weighted by Crippen LogP contribution is -2.29. The molecule has 148 valence electrons. The Morgan fingerprint density at radius 3 is 2.34 bits per heavy atom. The molecule has 8 heteroatoms. The largest absolute Gasteiger partial charge is 0.457 e. The minimum atomic E-state index is -3.85. The number of carbonyl (C=O) groups is 1. The van der Waals surface area contributed by atoms with E-state index >= 15 is 0 Å². The van der Waals surface area contributed by atoms with Crippen LogP contribution in [0, 0.1) is 0 Å². The zero-order valence-corrected chi connectivity index (χ0v) is 16.0. The van der Waals surface area contributed by atoms with E-state index in [-0.39, 0.29) is 24.0 Å². The fourth-order valence-corrected chi connectivity index (χ4v) is 3.71. The van der Waals surface area contributed by atoms with Gasteiger partial charge >= 0.3 is 0 Å². The van der Waals surface area contributed by atoms with Gasteiger partial charge in [-0.05, 0) is 54.6 Å². The molecule has 0 saturated heterocycles. The topological polar surface area (TPSA) is 90.9 Å². The summed E-state index contributed by atoms with van der Waals surface area (Å²) < 4.78 is 43.3. The summed E-state index contributed by atoms with van der Waals surface area (Å²) >= 11 is 0. The highest BCUT2D eigenvalue weighted by Gasteiger charge is 2.19. The Balaban J connectivity index is 1.40. The van der Waals surface area contributed by atoms with Gasteiger partial charge in [0.15, 0.2) is 17.3 Å². The Kier molecular flexibility index (Phi) is 5.20. The van der Waals surface area contributed by atoms with Gasteiger partial charge in [0.25, 0.3) is 0 Å². The standard InChI is InChI=1S/C21H17NO6S/c23-19(15-6-11-20-21(12-15)27-14-26-20)13-22-29(24,25)18-9-7-17(8-10-18)28-16-4-2-1-3-5-16/h1-12,22H,13-14H2. The number of para-hydroxylation sites is 1. The number of fused-ring (bicyclic) bond motifs is 1. The molecule has 0 bridgehead atoms. The molecule has 1 heterocycles. The third kappa shape index (κ3) is 4.39. The van der Waals surface area contributed by atoms with Crippen molar-refractivity contribution in [3.63, 3.8) is 0 Å². The van der Waals surface area contributed by atoms with Gasteiger partial charge in [-0.3, -0.25) is 4.79 Å². The molecular weight excluding hydrogens is 394 g/mol. The first-order chi connectivity index (χ1) is 14.0. The van der Waals surface area contributed by atoms with Gasteiger partial charge in [0.2, 0.25) is 16.8 Å². The Hall–Kier alpha value is -3.36. The van der Waals surface area contributed by atoms with E-state index in [1.54, 1.807) is 36.4 Å². The molecule has 1 aliphatic heterocycles. The fraction of sp³-hybridized carbons (Fsp3) is 0.0952. The first-order valence-corrected chi connectivity index (χ1v) is 10.2. The Labute approximate surface area is 167 Å². The zero-order valence-electron chi connectivity index (χ0n) is 15.2. The highest BCUT2D eigenvalue weighted by atomic mass is 32.2. The van der Waals surface area contributed by atoms with Crippen LogP contribution in [0.15, 0.2) is 77.7 Å². The van der Waals surface area contributed by atoms with Crippen molar-refractivity contribution in [2.75, 3.05) is 13.3 Å². The van der Waals surface area contributed by atoms with Crippen LogP contribution in [0.1, 0.15) is 10.4 Å². The summed E-state index contributed by atoms with van der Waals surface area (Å²) in [5.74, 6) is 1.80. The quantitative estimate of drug-likeness (QED) is 0.600. The van der Waals surface area contributed by atoms with Crippen LogP contribution in [0.4, 0.5) is 0 Å². The molecule has 1 aliphatic rings. The van der Waals surface area contributed by atoms with Gasteiger partial charge in [0.05, 0.1) is 11.4 Å². The number of hydrogen-bond donors (Lipinski definition) is 1. The third-order valence-corrected chi connectivity index (χ3v) is 5.65. The highest BCUT2D eigenvalue weighted by molar-refractivity contribution is 7.89. The average Bonchev–Trinajstić information content (AvgIpc) is 3.21. The summed E-state index contributed by atoms with van der Waals surface area (Å²) in [7, 11) is -3.85. The van der Waals surface area contributed by atoms with Crippen LogP contribution < -0.4 is 18.9 Å². The van der Waals surface area contributed by atoms with Gasteiger partial charge in [-0.1, -0.05) is 18.2 Å². The monoisotopic (exact) mass is 411 g/mol. The van der Waals surface area contributed by atoms with Crippen LogP contribution in [0.25, 0.3) is 0 Å². The summed E-state index contributed by atoms with van der Waals surface area (Å²) in [6, 6.07) is 19.8. The van der Waals surface area contributed by atoms with Gasteiger partial charge in [-0.25, -0.2) is 13.1 Å². The number of ketones is 1. The number of benzene rings is 3. The van der Waals surface area contributed by atoms with Crippen molar-refractivity contribution in [3.8, 4) is 23.0 Å². The van der Waals surface area contributed by atoms with E-state index in [2.05, 4.69) is 4.72 Å². The van der Waals surface area contributed by atoms with Crippen LogP contribution >= 0.6 is 0 Å². The molecule has 0 unspecified atom stereocenters. The van der Waals surface area contributed by atoms with Gasteiger partial charge in [0.1, 0.15) is 11.5 Å². The molecule has 4 rings (SSSR count). The molecule has 3 aromatic carbocycles. The van der Waals surface area contributed by atoms with Crippen molar-refractivity contribution in [1.29, 1.82) is 0 Å². The van der Waals surface area contributed by atoms with E-state index in [4.69, 9.17) is 14.2 Å². The number of sulfonamides is 1. The van der Waals surface area contributed by atoms with Crippen LogP contribution in [0.5, 0.6) is 23.0 Å². The molecule has 1 N–H and O–H groups in total. The second kappa shape index (κ2) is 7.94. The Morgan fingerprint density at radius 1 is 0.897 bits per heavy atom. The number of carbonyl (C=O) groups excluding carboxylic acids is 1. The minimum Gasteiger partial charge on any atom is -0.457 e. The van der Waals surface area contributed by atoms with E-state index in [1.165, 1.54) is 18.2 Å². The molecule has 29 heavy (non-hydrogen) atoms. The van der Waals surface area contributed by atoms with E-state index < -0.39 is 10.0 Å². The lowest BCUT2D eigenvalue weighted by Gasteiger charge is -2.09. The SMILES string of the molecule is O=C(CNS(=O)(=O)c1ccc(Oc2ccccc2)cc1)c1ccc2c(c1)OCO2. The second-order valence-corrected chi connectivity index (χ2v) is 7.97. The molecule has 0 atom stereocenters. The van der Waals surface area contributed by atoms with E-state index in [0.29, 0.717) is 28.6 Å². The van der Waals surface area contributed by atoms with E-state index in [1.807, 2.05) is 18.2 Å². The molecule has 7 nitrogen and oxygen atoms in total. The minimum absolute atomic E-state index is 0.0383. The summed E-state index contributed by atoms with van der Waals surface area (Å²) in [5, 5.41) is 0. The van der Waals surface area contributed by atoms with Crippen LogP contribution in [0.2, 0.25) is 0 Å². The number of hydrogen-bond acceptors (Lipinski definition) is 6. The van der Waals surface area contributed by atoms with Crippen LogP contribution in [0.3, 0.4) is 0 Å². The third-order valence-electron chi connectivity index (χ3n) is 4.23. The predicted molar refractivity (Wildman–Crippen MR) is 105 cm³/mol. The summed E-state index contributed by atoms with van der Waals surface area (Å²) in [5.41, 5.74) is 0.337. The fourth-order valence-electron chi connectivity index (χ4n) is 2.73. The molecule has 0 aliphatic carbocycles. The van der Waals surface area contributed by atoms with Crippen molar-refractivity contribution in [1.82, 2.24) is 4.72 Å². The maximum Gasteiger partial charge on any atom is 0.240 e. The number of nitrogens with one attached hydrogen (secondary N) is 1. The molecular formula is C21H17NO6S.